The third kappa shape index (κ3) is 2.27. The SMILES string of the molecule is C=CC1=C(C(=O)O)N2C(=O)[C@H](NC(=O)c3nocc3O)[C@@H]2SC1. The average molecular weight is 337 g/mol. The molecule has 0 spiro atoms. The standard InChI is InChI=1S/C13H11N3O6S/c1-2-5-4-23-12-8(11(19)16(12)9(5)13(20)21)14-10(18)7-6(17)3-22-15-7/h2-3,8,12,17H,1,4H2,(H,14,18)(H,20,21)/t8-,12-/m0/s1. The third-order valence-electron chi connectivity index (χ3n) is 3.50. The molecule has 2 atom stereocenters. The van der Waals surface area contributed by atoms with Gasteiger partial charge in [0.05, 0.1) is 0 Å². The van der Waals surface area contributed by atoms with E-state index in [0.29, 0.717) is 11.3 Å². The number of aromatic hydroxyl groups is 1. The van der Waals surface area contributed by atoms with E-state index in [-0.39, 0.29) is 11.4 Å². The normalized spacial score (nSPS) is 23.1. The van der Waals surface area contributed by atoms with Crippen molar-refractivity contribution in [1.29, 1.82) is 0 Å². The Bertz CT molecular complexity index is 755. The van der Waals surface area contributed by atoms with Crippen molar-refractivity contribution in [3.63, 3.8) is 0 Å². The zero-order valence-electron chi connectivity index (χ0n) is 11.6. The van der Waals surface area contributed by atoms with Crippen LogP contribution in [0.5, 0.6) is 5.75 Å². The first kappa shape index (κ1) is 15.2. The summed E-state index contributed by atoms with van der Waals surface area (Å²) in [5.74, 6) is -2.62. The molecule has 0 radical (unpaired) electrons. The summed E-state index contributed by atoms with van der Waals surface area (Å²) in [5, 5.41) is 23.9. The first-order chi connectivity index (χ1) is 11.0. The van der Waals surface area contributed by atoms with Gasteiger partial charge in [0.15, 0.2) is 12.0 Å². The highest BCUT2D eigenvalue weighted by atomic mass is 32.2. The Kier molecular flexibility index (Phi) is 3.60. The molecular formula is C13H11N3O6S. The molecule has 3 heterocycles. The molecule has 1 fully saturated rings. The molecule has 1 aromatic heterocycles. The number of hydrogen-bond acceptors (Lipinski definition) is 7. The molecule has 2 aliphatic heterocycles. The van der Waals surface area contributed by atoms with E-state index >= 15 is 0 Å². The number of β-lactam (4-membered cyclic amide) rings is 1. The first-order valence-corrected chi connectivity index (χ1v) is 7.48. The molecule has 10 heteroatoms. The number of carbonyl (C=O) groups is 3. The van der Waals surface area contributed by atoms with E-state index in [4.69, 9.17) is 0 Å². The number of thioether (sulfide) groups is 1. The van der Waals surface area contributed by atoms with Crippen molar-refractivity contribution < 1.29 is 29.1 Å². The third-order valence-corrected chi connectivity index (χ3v) is 4.80. The molecule has 0 aromatic carbocycles. The van der Waals surface area contributed by atoms with E-state index in [9.17, 15) is 24.6 Å². The highest BCUT2D eigenvalue weighted by Gasteiger charge is 2.54. The number of aliphatic carboxylic acids is 1. The first-order valence-electron chi connectivity index (χ1n) is 6.43. The molecule has 0 saturated carbocycles. The number of nitrogens with zero attached hydrogens (tertiary/aromatic N) is 2. The lowest BCUT2D eigenvalue weighted by atomic mass is 10.0. The van der Waals surface area contributed by atoms with Crippen molar-refractivity contribution in [3.8, 4) is 5.75 Å². The van der Waals surface area contributed by atoms with Crippen LogP contribution in [-0.4, -0.2) is 55.2 Å². The molecule has 0 bridgehead atoms. The summed E-state index contributed by atoms with van der Waals surface area (Å²) in [6, 6.07) is -0.899. The van der Waals surface area contributed by atoms with Crippen LogP contribution in [0.25, 0.3) is 0 Å². The molecule has 23 heavy (non-hydrogen) atoms. The summed E-state index contributed by atoms with van der Waals surface area (Å²) in [6.07, 6.45) is 2.29. The van der Waals surface area contributed by atoms with Gasteiger partial charge in [-0.2, -0.15) is 0 Å². The van der Waals surface area contributed by atoms with Gasteiger partial charge in [0, 0.05) is 5.75 Å². The highest BCUT2D eigenvalue weighted by Crippen LogP contribution is 2.40. The zero-order chi connectivity index (χ0) is 16.7. The highest BCUT2D eigenvalue weighted by molar-refractivity contribution is 8.00. The number of fused-ring (bicyclic) bond motifs is 1. The fourth-order valence-electron chi connectivity index (χ4n) is 2.40. The topological polar surface area (TPSA) is 133 Å². The van der Waals surface area contributed by atoms with Gasteiger partial charge < -0.3 is 20.1 Å². The summed E-state index contributed by atoms with van der Waals surface area (Å²) >= 11 is 1.31. The summed E-state index contributed by atoms with van der Waals surface area (Å²) in [6.45, 7) is 3.55. The number of rotatable bonds is 4. The van der Waals surface area contributed by atoms with Crippen LogP contribution in [0.3, 0.4) is 0 Å². The number of nitrogens with one attached hydrogen (secondary N) is 1. The van der Waals surface area contributed by atoms with Gasteiger partial charge in [-0.05, 0) is 5.57 Å². The Balaban J connectivity index is 1.80. The van der Waals surface area contributed by atoms with Crippen molar-refractivity contribution in [1.82, 2.24) is 15.4 Å². The fraction of sp³-hybridized carbons (Fsp3) is 0.231. The van der Waals surface area contributed by atoms with Crippen molar-refractivity contribution in [2.75, 3.05) is 5.75 Å². The Morgan fingerprint density at radius 2 is 2.30 bits per heavy atom. The van der Waals surface area contributed by atoms with Crippen molar-refractivity contribution in [3.05, 3.63) is 35.9 Å². The maximum Gasteiger partial charge on any atom is 0.352 e. The zero-order valence-corrected chi connectivity index (χ0v) is 12.4. The van der Waals surface area contributed by atoms with Crippen molar-refractivity contribution in [2.45, 2.75) is 11.4 Å². The van der Waals surface area contributed by atoms with Gasteiger partial charge in [-0.1, -0.05) is 17.8 Å². The second-order valence-electron chi connectivity index (χ2n) is 4.79. The Labute approximate surface area is 133 Å². The van der Waals surface area contributed by atoms with Gasteiger partial charge in [-0.25, -0.2) is 4.79 Å². The molecular weight excluding hydrogens is 326 g/mol. The van der Waals surface area contributed by atoms with E-state index in [1.807, 2.05) is 0 Å². The van der Waals surface area contributed by atoms with E-state index < -0.39 is 34.9 Å². The number of hydrogen-bond donors (Lipinski definition) is 3. The van der Waals surface area contributed by atoms with Crippen LogP contribution >= 0.6 is 11.8 Å². The van der Waals surface area contributed by atoms with Crippen molar-refractivity contribution in [2.24, 2.45) is 0 Å². The molecule has 3 rings (SSSR count). The molecule has 2 amide bonds. The maximum absolute atomic E-state index is 12.2. The number of carboxylic acid groups (broad SMARTS) is 1. The lowest BCUT2D eigenvalue weighted by Crippen LogP contribution is -2.70. The van der Waals surface area contributed by atoms with Crippen LogP contribution < -0.4 is 5.32 Å². The number of carbonyl (C=O) groups excluding carboxylic acids is 2. The number of aromatic nitrogens is 1. The molecule has 2 aliphatic rings. The fourth-order valence-corrected chi connectivity index (χ4v) is 3.74. The predicted molar refractivity (Wildman–Crippen MR) is 77.4 cm³/mol. The van der Waals surface area contributed by atoms with Crippen LogP contribution in [-0.2, 0) is 9.59 Å². The van der Waals surface area contributed by atoms with E-state index in [0.717, 1.165) is 11.2 Å². The minimum absolute atomic E-state index is 0.122. The summed E-state index contributed by atoms with van der Waals surface area (Å²) in [5.41, 5.74) is -0.00704. The minimum Gasteiger partial charge on any atom is -0.503 e. The lowest BCUT2D eigenvalue weighted by Gasteiger charge is -2.49. The van der Waals surface area contributed by atoms with E-state index in [1.165, 1.54) is 17.8 Å². The van der Waals surface area contributed by atoms with Gasteiger partial charge in [0.1, 0.15) is 17.1 Å². The van der Waals surface area contributed by atoms with Crippen molar-refractivity contribution >= 4 is 29.5 Å². The molecule has 0 unspecified atom stereocenters. The van der Waals surface area contributed by atoms with Gasteiger partial charge in [-0.15, -0.1) is 11.8 Å². The van der Waals surface area contributed by atoms with Crippen LogP contribution in [0.4, 0.5) is 0 Å². The quantitative estimate of drug-likeness (QED) is 0.650. The van der Waals surface area contributed by atoms with E-state index in [1.54, 1.807) is 0 Å². The molecule has 120 valence electrons. The molecule has 0 aliphatic carbocycles. The monoisotopic (exact) mass is 337 g/mol. The average Bonchev–Trinajstić information content (AvgIpc) is 2.96. The van der Waals surface area contributed by atoms with Crippen LogP contribution in [0.2, 0.25) is 0 Å². The molecule has 3 N–H and O–H groups in total. The number of amides is 2. The summed E-state index contributed by atoms with van der Waals surface area (Å²) < 4.78 is 4.45. The molecule has 9 nitrogen and oxygen atoms in total. The van der Waals surface area contributed by atoms with Gasteiger partial charge in [-0.3, -0.25) is 14.5 Å². The van der Waals surface area contributed by atoms with Crippen LogP contribution in [0.15, 0.2) is 34.7 Å². The van der Waals surface area contributed by atoms with Gasteiger partial charge in [0.25, 0.3) is 11.8 Å². The van der Waals surface area contributed by atoms with E-state index in [2.05, 4.69) is 21.6 Å². The molecule has 1 aromatic rings. The number of carboxylic acids is 1. The predicted octanol–water partition coefficient (Wildman–Crippen LogP) is -0.0816. The second kappa shape index (κ2) is 5.47. The lowest BCUT2D eigenvalue weighted by molar-refractivity contribution is -0.148. The second-order valence-corrected chi connectivity index (χ2v) is 5.90. The molecule has 1 saturated heterocycles. The van der Waals surface area contributed by atoms with Gasteiger partial charge in [0.2, 0.25) is 5.69 Å². The largest absolute Gasteiger partial charge is 0.503 e. The summed E-state index contributed by atoms with van der Waals surface area (Å²) in [4.78, 5) is 36.7. The summed E-state index contributed by atoms with van der Waals surface area (Å²) in [7, 11) is 0. The van der Waals surface area contributed by atoms with Gasteiger partial charge >= 0.3 is 5.97 Å². The smallest absolute Gasteiger partial charge is 0.352 e. The number of allylic oxidation sites excluding steroid dienone is 1. The maximum atomic E-state index is 12.2. The van der Waals surface area contributed by atoms with Crippen LogP contribution in [0, 0.1) is 0 Å². The minimum atomic E-state index is -1.22. The Hall–Kier alpha value is -2.75. The Morgan fingerprint density at radius 3 is 2.87 bits per heavy atom. The van der Waals surface area contributed by atoms with Crippen LogP contribution in [0.1, 0.15) is 10.5 Å². The Morgan fingerprint density at radius 1 is 1.57 bits per heavy atom.